The van der Waals surface area contributed by atoms with E-state index in [0.29, 0.717) is 11.7 Å². The molecule has 2 rings (SSSR count). The van der Waals surface area contributed by atoms with Crippen molar-refractivity contribution in [2.24, 2.45) is 0 Å². The topological polar surface area (TPSA) is 38.7 Å². The van der Waals surface area contributed by atoms with Gasteiger partial charge in [0.15, 0.2) is 0 Å². The van der Waals surface area contributed by atoms with Gasteiger partial charge in [0.1, 0.15) is 11.5 Å². The Labute approximate surface area is 95.3 Å². The number of hydrogen-bond donors (Lipinski definition) is 1. The van der Waals surface area contributed by atoms with Gasteiger partial charge in [-0.25, -0.2) is 0 Å². The minimum Gasteiger partial charge on any atom is -0.508 e. The lowest BCUT2D eigenvalue weighted by Gasteiger charge is -2.23. The van der Waals surface area contributed by atoms with Crippen LogP contribution in [0.2, 0.25) is 0 Å². The van der Waals surface area contributed by atoms with E-state index >= 15 is 0 Å². The summed E-state index contributed by atoms with van der Waals surface area (Å²) < 4.78 is 10.7. The average Bonchev–Trinajstić information content (AvgIpc) is 2.26. The van der Waals surface area contributed by atoms with Gasteiger partial charge in [-0.15, -0.1) is 0 Å². The van der Waals surface area contributed by atoms with Crippen molar-refractivity contribution in [2.75, 3.05) is 7.11 Å². The zero-order valence-corrected chi connectivity index (χ0v) is 9.73. The summed E-state index contributed by atoms with van der Waals surface area (Å²) in [6.07, 6.45) is 3.49. The van der Waals surface area contributed by atoms with Crippen molar-refractivity contribution in [1.29, 1.82) is 0 Å². The second kappa shape index (κ2) is 4.18. The van der Waals surface area contributed by atoms with Crippen LogP contribution in [0.5, 0.6) is 11.5 Å². The minimum atomic E-state index is -0.366. The van der Waals surface area contributed by atoms with E-state index in [2.05, 4.69) is 13.8 Å². The molecule has 16 heavy (non-hydrogen) atoms. The van der Waals surface area contributed by atoms with Crippen molar-refractivity contribution in [3.8, 4) is 11.5 Å². The van der Waals surface area contributed by atoms with Crippen LogP contribution in [-0.4, -0.2) is 18.5 Å². The monoisotopic (exact) mass is 220 g/mol. The Bertz CT molecular complexity index is 421. The fourth-order valence-electron chi connectivity index (χ4n) is 1.85. The maximum absolute atomic E-state index is 9.63. The maximum Gasteiger partial charge on any atom is 0.219 e. The van der Waals surface area contributed by atoms with E-state index in [1.54, 1.807) is 19.2 Å². The SMILES string of the molecule is COC1C=Cc2c(cc(O)cc2C(C)C)O1. The van der Waals surface area contributed by atoms with Crippen molar-refractivity contribution in [1.82, 2.24) is 0 Å². The molecule has 0 aromatic heterocycles. The molecule has 1 aliphatic heterocycles. The maximum atomic E-state index is 9.63. The van der Waals surface area contributed by atoms with Crippen molar-refractivity contribution >= 4 is 6.08 Å². The summed E-state index contributed by atoms with van der Waals surface area (Å²) in [5.74, 6) is 1.25. The molecule has 0 spiro atoms. The molecule has 1 heterocycles. The van der Waals surface area contributed by atoms with Crippen LogP contribution in [0.3, 0.4) is 0 Å². The van der Waals surface area contributed by atoms with Crippen LogP contribution in [-0.2, 0) is 4.74 Å². The second-order valence-corrected chi connectivity index (χ2v) is 4.18. The summed E-state index contributed by atoms with van der Waals surface area (Å²) in [4.78, 5) is 0. The Morgan fingerprint density at radius 2 is 2.12 bits per heavy atom. The third kappa shape index (κ3) is 1.91. The minimum absolute atomic E-state index is 0.229. The molecule has 0 bridgehead atoms. The van der Waals surface area contributed by atoms with Gasteiger partial charge in [-0.1, -0.05) is 13.8 Å². The number of rotatable bonds is 2. The standard InChI is InChI=1S/C13H16O3/c1-8(2)11-6-9(14)7-12-10(11)4-5-13(15-3)16-12/h4-8,13-14H,1-3H3. The highest BCUT2D eigenvalue weighted by Crippen LogP contribution is 2.36. The lowest BCUT2D eigenvalue weighted by atomic mass is 9.95. The van der Waals surface area contributed by atoms with Crippen LogP contribution in [0.15, 0.2) is 18.2 Å². The molecule has 1 atom stereocenters. The van der Waals surface area contributed by atoms with E-state index in [1.165, 1.54) is 0 Å². The molecule has 0 saturated heterocycles. The van der Waals surface area contributed by atoms with E-state index < -0.39 is 0 Å². The summed E-state index contributed by atoms with van der Waals surface area (Å²) in [7, 11) is 1.59. The smallest absolute Gasteiger partial charge is 0.219 e. The molecule has 1 unspecified atom stereocenters. The lowest BCUT2D eigenvalue weighted by Crippen LogP contribution is -2.19. The molecule has 1 N–H and O–H groups in total. The normalized spacial score (nSPS) is 18.4. The van der Waals surface area contributed by atoms with Gasteiger partial charge < -0.3 is 14.6 Å². The number of ether oxygens (including phenoxy) is 2. The van der Waals surface area contributed by atoms with Gasteiger partial charge in [0.05, 0.1) is 0 Å². The van der Waals surface area contributed by atoms with E-state index in [9.17, 15) is 5.11 Å². The van der Waals surface area contributed by atoms with Crippen molar-refractivity contribution < 1.29 is 14.6 Å². The van der Waals surface area contributed by atoms with Gasteiger partial charge in [0.2, 0.25) is 6.29 Å². The molecule has 1 aliphatic rings. The number of benzene rings is 1. The van der Waals surface area contributed by atoms with Gasteiger partial charge in [0, 0.05) is 18.7 Å². The first-order chi connectivity index (χ1) is 7.61. The fraction of sp³-hybridized carbons (Fsp3) is 0.385. The van der Waals surface area contributed by atoms with E-state index in [-0.39, 0.29) is 12.0 Å². The van der Waals surface area contributed by atoms with Crippen LogP contribution in [0, 0.1) is 0 Å². The molecule has 1 aromatic carbocycles. The first-order valence-corrected chi connectivity index (χ1v) is 5.36. The summed E-state index contributed by atoms with van der Waals surface area (Å²) in [5.41, 5.74) is 2.11. The molecule has 0 fully saturated rings. The Morgan fingerprint density at radius 3 is 2.75 bits per heavy atom. The Balaban J connectivity index is 2.49. The first-order valence-electron chi connectivity index (χ1n) is 5.36. The van der Waals surface area contributed by atoms with Crippen LogP contribution >= 0.6 is 0 Å². The molecular weight excluding hydrogens is 204 g/mol. The Hall–Kier alpha value is -1.48. The van der Waals surface area contributed by atoms with Crippen LogP contribution < -0.4 is 4.74 Å². The number of phenols is 1. The fourth-order valence-corrected chi connectivity index (χ4v) is 1.85. The third-order valence-electron chi connectivity index (χ3n) is 2.68. The van der Waals surface area contributed by atoms with Crippen LogP contribution in [0.25, 0.3) is 6.08 Å². The van der Waals surface area contributed by atoms with Crippen LogP contribution in [0.1, 0.15) is 30.9 Å². The van der Waals surface area contributed by atoms with E-state index in [0.717, 1.165) is 11.1 Å². The predicted molar refractivity (Wildman–Crippen MR) is 62.7 cm³/mol. The highest BCUT2D eigenvalue weighted by molar-refractivity contribution is 5.65. The van der Waals surface area contributed by atoms with E-state index in [1.807, 2.05) is 12.2 Å². The van der Waals surface area contributed by atoms with Gasteiger partial charge in [-0.2, -0.15) is 0 Å². The molecule has 0 saturated carbocycles. The van der Waals surface area contributed by atoms with Gasteiger partial charge in [-0.3, -0.25) is 0 Å². The average molecular weight is 220 g/mol. The molecule has 0 aliphatic carbocycles. The van der Waals surface area contributed by atoms with E-state index in [4.69, 9.17) is 9.47 Å². The van der Waals surface area contributed by atoms with Crippen molar-refractivity contribution in [3.05, 3.63) is 29.3 Å². The van der Waals surface area contributed by atoms with Crippen molar-refractivity contribution in [2.45, 2.75) is 26.1 Å². The highest BCUT2D eigenvalue weighted by atomic mass is 16.7. The van der Waals surface area contributed by atoms with Crippen LogP contribution in [0.4, 0.5) is 0 Å². The number of methoxy groups -OCH3 is 1. The zero-order chi connectivity index (χ0) is 11.7. The van der Waals surface area contributed by atoms with Gasteiger partial charge in [-0.05, 0) is 29.7 Å². The largest absolute Gasteiger partial charge is 0.508 e. The lowest BCUT2D eigenvalue weighted by molar-refractivity contribution is -0.0172. The molecular formula is C13H16O3. The highest BCUT2D eigenvalue weighted by Gasteiger charge is 2.19. The summed E-state index contributed by atoms with van der Waals surface area (Å²) in [6.45, 7) is 4.18. The molecule has 0 radical (unpaired) electrons. The molecule has 1 aromatic rings. The summed E-state index contributed by atoms with van der Waals surface area (Å²) in [5, 5.41) is 9.63. The predicted octanol–water partition coefficient (Wildman–Crippen LogP) is 2.89. The Kier molecular flexibility index (Phi) is 2.88. The summed E-state index contributed by atoms with van der Waals surface area (Å²) in [6, 6.07) is 3.40. The quantitative estimate of drug-likeness (QED) is 0.832. The number of aromatic hydroxyl groups is 1. The Morgan fingerprint density at radius 1 is 1.38 bits per heavy atom. The molecule has 86 valence electrons. The second-order valence-electron chi connectivity index (χ2n) is 4.18. The molecule has 3 nitrogen and oxygen atoms in total. The first kappa shape index (κ1) is 11.0. The van der Waals surface area contributed by atoms with Gasteiger partial charge >= 0.3 is 0 Å². The zero-order valence-electron chi connectivity index (χ0n) is 9.73. The molecule has 3 heteroatoms. The third-order valence-corrected chi connectivity index (χ3v) is 2.68. The number of hydrogen-bond acceptors (Lipinski definition) is 3. The van der Waals surface area contributed by atoms with Crippen molar-refractivity contribution in [3.63, 3.8) is 0 Å². The molecule has 0 amide bonds. The number of fused-ring (bicyclic) bond motifs is 1. The summed E-state index contributed by atoms with van der Waals surface area (Å²) >= 11 is 0. The van der Waals surface area contributed by atoms with Gasteiger partial charge in [0.25, 0.3) is 0 Å². The number of phenolic OH excluding ortho intramolecular Hbond substituents is 1.